The van der Waals surface area contributed by atoms with Crippen LogP contribution in [-0.4, -0.2) is 41.6 Å². The molecular weight excluding hydrogens is 468 g/mol. The zero-order valence-corrected chi connectivity index (χ0v) is 20.9. The lowest BCUT2D eigenvalue weighted by molar-refractivity contribution is -0.153. The Balaban J connectivity index is 1.35. The minimum atomic E-state index is -0.500. The number of hydrogen-bond donors (Lipinski definition) is 1. The van der Waals surface area contributed by atoms with E-state index in [9.17, 15) is 9.59 Å². The number of carbonyl (C=O) groups excluding carboxylic acids is 1. The average Bonchev–Trinajstić information content (AvgIpc) is 3.49. The molecule has 184 valence electrons. The third-order valence-corrected chi connectivity index (χ3v) is 6.43. The van der Waals surface area contributed by atoms with E-state index >= 15 is 0 Å². The molecule has 0 spiro atoms. The van der Waals surface area contributed by atoms with Gasteiger partial charge in [0.2, 0.25) is 0 Å². The zero-order valence-electron chi connectivity index (χ0n) is 20.2. The molecular formula is C25H29ClN6O3. The number of fused-ring (bicyclic) bond motifs is 2. The van der Waals surface area contributed by atoms with Crippen LogP contribution in [-0.2, 0) is 22.5 Å². The number of aromatic amines is 1. The van der Waals surface area contributed by atoms with Gasteiger partial charge in [0.15, 0.2) is 5.65 Å². The Bertz CT molecular complexity index is 1460. The summed E-state index contributed by atoms with van der Waals surface area (Å²) >= 11 is 6.27. The Morgan fingerprint density at radius 1 is 1.23 bits per heavy atom. The van der Waals surface area contributed by atoms with E-state index in [1.54, 1.807) is 17.0 Å². The van der Waals surface area contributed by atoms with E-state index in [4.69, 9.17) is 16.3 Å². The van der Waals surface area contributed by atoms with Crippen molar-refractivity contribution in [3.05, 3.63) is 51.6 Å². The summed E-state index contributed by atoms with van der Waals surface area (Å²) in [6.07, 6.45) is 7.78. The number of nitrogens with one attached hydrogen (secondary N) is 1. The minimum absolute atomic E-state index is 0.0491. The molecule has 4 aromatic heterocycles. The molecule has 0 aromatic carbocycles. The van der Waals surface area contributed by atoms with Crippen LogP contribution in [0.2, 0.25) is 5.15 Å². The van der Waals surface area contributed by atoms with Crippen LogP contribution in [0.3, 0.4) is 0 Å². The molecule has 0 unspecified atom stereocenters. The van der Waals surface area contributed by atoms with Gasteiger partial charge < -0.3 is 9.72 Å². The van der Waals surface area contributed by atoms with E-state index in [0.717, 1.165) is 54.2 Å². The normalized spacial score (nSPS) is 14.2. The second kappa shape index (κ2) is 9.11. The summed E-state index contributed by atoms with van der Waals surface area (Å²) in [6, 6.07) is 3.99. The first-order valence-corrected chi connectivity index (χ1v) is 12.4. The lowest BCUT2D eigenvalue weighted by atomic mass is 9.97. The summed E-state index contributed by atoms with van der Waals surface area (Å²) < 4.78 is 8.94. The van der Waals surface area contributed by atoms with Crippen molar-refractivity contribution in [2.75, 3.05) is 6.61 Å². The van der Waals surface area contributed by atoms with Gasteiger partial charge in [-0.2, -0.15) is 0 Å². The highest BCUT2D eigenvalue weighted by Gasteiger charge is 2.29. The molecule has 5 rings (SSSR count). The van der Waals surface area contributed by atoms with E-state index in [1.807, 2.05) is 37.5 Å². The molecule has 1 saturated carbocycles. The molecule has 1 N–H and O–H groups in total. The van der Waals surface area contributed by atoms with Crippen LogP contribution in [0, 0.1) is 5.41 Å². The first-order valence-electron chi connectivity index (χ1n) is 12.0. The number of carbonyl (C=O) groups is 1. The molecule has 0 saturated heterocycles. The Morgan fingerprint density at radius 2 is 2.03 bits per heavy atom. The van der Waals surface area contributed by atoms with Crippen LogP contribution in [0.4, 0.5) is 0 Å². The Labute approximate surface area is 207 Å². The highest BCUT2D eigenvalue weighted by molar-refractivity contribution is 6.29. The van der Waals surface area contributed by atoms with Crippen molar-refractivity contribution in [1.82, 2.24) is 29.1 Å². The summed E-state index contributed by atoms with van der Waals surface area (Å²) in [5.41, 5.74) is 3.48. The van der Waals surface area contributed by atoms with Crippen LogP contribution in [0.1, 0.15) is 63.9 Å². The van der Waals surface area contributed by atoms with Gasteiger partial charge in [-0.25, -0.2) is 14.8 Å². The number of nitrogens with zero attached hydrogens (tertiary/aromatic N) is 5. The second-order valence-corrected chi connectivity index (χ2v) is 10.6. The molecule has 0 bridgehead atoms. The molecule has 0 amide bonds. The predicted octanol–water partition coefficient (Wildman–Crippen LogP) is 4.42. The molecule has 4 aromatic rings. The molecule has 9 nitrogen and oxygen atoms in total. The van der Waals surface area contributed by atoms with Crippen molar-refractivity contribution in [2.45, 2.75) is 65.5 Å². The molecule has 35 heavy (non-hydrogen) atoms. The number of H-pyrrole nitrogens is 1. The Hall–Kier alpha value is -3.20. The molecule has 1 aliphatic rings. The van der Waals surface area contributed by atoms with Crippen molar-refractivity contribution < 1.29 is 9.53 Å². The molecule has 4 heterocycles. The number of unbranched alkanes of at least 4 members (excludes halogenated alkanes) is 1. The highest BCUT2D eigenvalue weighted by atomic mass is 35.5. The van der Waals surface area contributed by atoms with Crippen molar-refractivity contribution >= 4 is 39.8 Å². The van der Waals surface area contributed by atoms with Crippen molar-refractivity contribution in [3.8, 4) is 0 Å². The molecule has 1 fully saturated rings. The first kappa shape index (κ1) is 23.5. The quantitative estimate of drug-likeness (QED) is 0.220. The number of rotatable bonds is 8. The smallest absolute Gasteiger partial charge is 0.329 e. The van der Waals surface area contributed by atoms with E-state index < -0.39 is 5.41 Å². The molecule has 0 atom stereocenters. The van der Waals surface area contributed by atoms with E-state index in [-0.39, 0.29) is 24.2 Å². The fourth-order valence-corrected chi connectivity index (χ4v) is 4.46. The second-order valence-electron chi connectivity index (χ2n) is 10.2. The predicted molar refractivity (Wildman–Crippen MR) is 134 cm³/mol. The summed E-state index contributed by atoms with van der Waals surface area (Å²) in [6.45, 7) is 6.20. The van der Waals surface area contributed by atoms with Gasteiger partial charge in [-0.3, -0.25) is 18.9 Å². The van der Waals surface area contributed by atoms with E-state index in [2.05, 4.69) is 19.9 Å². The number of aryl methyl sites for hydroxylation is 1. The van der Waals surface area contributed by atoms with Crippen LogP contribution < -0.4 is 5.69 Å². The monoisotopic (exact) mass is 496 g/mol. The van der Waals surface area contributed by atoms with Crippen LogP contribution in [0.15, 0.2) is 29.3 Å². The lowest BCUT2D eigenvalue weighted by Gasteiger charge is -2.16. The van der Waals surface area contributed by atoms with Gasteiger partial charge in [0.25, 0.3) is 0 Å². The Morgan fingerprint density at radius 3 is 2.77 bits per heavy atom. The molecule has 0 aliphatic heterocycles. The lowest BCUT2D eigenvalue weighted by Crippen LogP contribution is -2.24. The summed E-state index contributed by atoms with van der Waals surface area (Å²) in [5.74, 6) is 0.439. The SMILES string of the molecule is CC(C)(C)C(=O)OCCCCc1cc(Cl)nc2nc(Cn3c(=O)n(C4CC4)c4ccncc43)[nH]c12. The molecule has 1 aliphatic carbocycles. The summed E-state index contributed by atoms with van der Waals surface area (Å²) in [5, 5.41) is 0.372. The highest BCUT2D eigenvalue weighted by Crippen LogP contribution is 2.36. The fraction of sp³-hybridized carbons (Fsp3) is 0.480. The van der Waals surface area contributed by atoms with Gasteiger partial charge in [0.1, 0.15) is 11.0 Å². The topological polar surface area (TPSA) is 108 Å². The zero-order chi connectivity index (χ0) is 24.7. The van der Waals surface area contributed by atoms with Gasteiger partial charge in [0.05, 0.1) is 41.3 Å². The van der Waals surface area contributed by atoms with Gasteiger partial charge in [-0.15, -0.1) is 0 Å². The third-order valence-electron chi connectivity index (χ3n) is 6.23. The maximum atomic E-state index is 13.2. The van der Waals surface area contributed by atoms with Gasteiger partial charge in [-0.1, -0.05) is 11.6 Å². The standard InChI is InChI=1S/C25H29ClN6O3/c1-25(2,3)23(33)35-11-5-4-6-15-12-19(26)28-22-21(15)29-20(30-22)14-31-18-13-27-10-9-17(18)32(24(31)34)16-7-8-16/h9-10,12-13,16H,4-8,11,14H2,1-3H3,(H,28,29,30). The van der Waals surface area contributed by atoms with Crippen molar-refractivity contribution in [3.63, 3.8) is 0 Å². The number of pyridine rings is 2. The number of ether oxygens (including phenoxy) is 1. The number of aromatic nitrogens is 6. The van der Waals surface area contributed by atoms with Crippen LogP contribution in [0.25, 0.3) is 22.2 Å². The van der Waals surface area contributed by atoms with Crippen molar-refractivity contribution in [2.24, 2.45) is 5.41 Å². The number of imidazole rings is 2. The van der Waals surface area contributed by atoms with Crippen LogP contribution >= 0.6 is 11.6 Å². The first-order chi connectivity index (χ1) is 16.7. The Kier molecular flexibility index (Phi) is 6.13. The third kappa shape index (κ3) is 4.82. The van der Waals surface area contributed by atoms with Gasteiger partial charge in [0, 0.05) is 12.2 Å². The van der Waals surface area contributed by atoms with E-state index in [0.29, 0.717) is 23.2 Å². The van der Waals surface area contributed by atoms with Crippen LogP contribution in [0.5, 0.6) is 0 Å². The van der Waals surface area contributed by atoms with Crippen molar-refractivity contribution in [1.29, 1.82) is 0 Å². The maximum absolute atomic E-state index is 13.2. The largest absolute Gasteiger partial charge is 0.465 e. The number of hydrogen-bond acceptors (Lipinski definition) is 6. The number of esters is 1. The summed E-state index contributed by atoms with van der Waals surface area (Å²) in [7, 11) is 0. The fourth-order valence-electron chi connectivity index (χ4n) is 4.25. The maximum Gasteiger partial charge on any atom is 0.329 e. The van der Waals surface area contributed by atoms with Gasteiger partial charge >= 0.3 is 11.7 Å². The number of halogens is 1. The average molecular weight is 497 g/mol. The van der Waals surface area contributed by atoms with E-state index in [1.165, 1.54) is 0 Å². The van der Waals surface area contributed by atoms with Gasteiger partial charge in [-0.05, 0) is 70.6 Å². The molecule has 10 heteroatoms. The molecule has 0 radical (unpaired) electrons. The summed E-state index contributed by atoms with van der Waals surface area (Å²) in [4.78, 5) is 41.7. The minimum Gasteiger partial charge on any atom is -0.465 e.